The third-order valence-corrected chi connectivity index (χ3v) is 5.84. The van der Waals surface area contributed by atoms with Gasteiger partial charge >= 0.3 is 11.9 Å². The first kappa shape index (κ1) is 35.5. The van der Waals surface area contributed by atoms with Crippen LogP contribution in [0.3, 0.4) is 0 Å². The normalized spacial score (nSPS) is 11.4. The molecule has 3 aromatic rings. The maximum atomic E-state index is 10.4. The summed E-state index contributed by atoms with van der Waals surface area (Å²) in [5, 5.41) is 19.5. The summed E-state index contributed by atoms with van der Waals surface area (Å²) in [5.41, 5.74) is 1.95. The summed E-state index contributed by atoms with van der Waals surface area (Å²) in [7, 11) is 0. The largest absolute Gasteiger partial charge is 0.481 e. The van der Waals surface area contributed by atoms with Crippen LogP contribution >= 0.6 is 0 Å². The monoisotopic (exact) mass is 542 g/mol. The first-order valence-electron chi connectivity index (χ1n) is 12.4. The van der Waals surface area contributed by atoms with Crippen molar-refractivity contribution in [2.75, 3.05) is 0 Å². The quantitative estimate of drug-likeness (QED) is 0.200. The molecule has 36 heavy (non-hydrogen) atoms. The molecule has 0 aliphatic rings. The van der Waals surface area contributed by atoms with E-state index in [1.54, 1.807) is 12.4 Å². The second kappa shape index (κ2) is 20.5. The van der Waals surface area contributed by atoms with Crippen molar-refractivity contribution >= 4 is 33.7 Å². The number of aliphatic carboxylic acids is 2. The molecule has 0 saturated carbocycles. The molecule has 201 valence electrons. The first-order chi connectivity index (χ1) is 16.4. The Morgan fingerprint density at radius 1 is 0.722 bits per heavy atom. The van der Waals surface area contributed by atoms with Crippen LogP contribution in [-0.2, 0) is 26.4 Å². The molecular formula is C29H43CoN2O4+. The maximum Gasteiger partial charge on any atom is 0.306 e. The fourth-order valence-electron chi connectivity index (χ4n) is 3.59. The van der Waals surface area contributed by atoms with Crippen LogP contribution in [0.5, 0.6) is 0 Å². The van der Waals surface area contributed by atoms with Crippen molar-refractivity contribution in [1.29, 1.82) is 0 Å². The summed E-state index contributed by atoms with van der Waals surface area (Å²) in [6.45, 7) is 8.01. The molecule has 2 atom stereocenters. The fraction of sp³-hybridized carbons (Fsp3) is 0.483. The van der Waals surface area contributed by atoms with Crippen LogP contribution in [0, 0.1) is 19.3 Å². The van der Waals surface area contributed by atoms with Crippen molar-refractivity contribution in [2.24, 2.45) is 11.8 Å². The van der Waals surface area contributed by atoms with E-state index in [0.29, 0.717) is 0 Å². The maximum absolute atomic E-state index is 10.4. The Morgan fingerprint density at radius 2 is 1.08 bits per heavy atom. The number of fused-ring (bicyclic) bond motifs is 3. The van der Waals surface area contributed by atoms with E-state index in [1.165, 1.54) is 0 Å². The van der Waals surface area contributed by atoms with Crippen LogP contribution in [0.25, 0.3) is 21.8 Å². The van der Waals surface area contributed by atoms with E-state index in [2.05, 4.69) is 48.1 Å². The average Bonchev–Trinajstić information content (AvgIpc) is 2.85. The van der Waals surface area contributed by atoms with Gasteiger partial charge in [0.2, 0.25) is 0 Å². The number of hydrogen-bond acceptors (Lipinski definition) is 4. The van der Waals surface area contributed by atoms with Crippen LogP contribution in [0.2, 0.25) is 0 Å². The number of benzene rings is 1. The molecule has 0 amide bonds. The van der Waals surface area contributed by atoms with Gasteiger partial charge in [0.15, 0.2) is 0 Å². The summed E-state index contributed by atoms with van der Waals surface area (Å²) in [4.78, 5) is 29.6. The molecule has 6 nitrogen and oxygen atoms in total. The molecule has 7 heteroatoms. The molecule has 0 fully saturated rings. The van der Waals surface area contributed by atoms with E-state index in [-0.39, 0.29) is 36.0 Å². The fourth-order valence-corrected chi connectivity index (χ4v) is 3.59. The predicted octanol–water partition coefficient (Wildman–Crippen LogP) is 7.81. The third kappa shape index (κ3) is 12.4. The van der Waals surface area contributed by atoms with Gasteiger partial charge in [0, 0.05) is 47.4 Å². The molecule has 0 aliphatic heterocycles. The summed E-state index contributed by atoms with van der Waals surface area (Å²) in [6.07, 6.45) is 11.0. The van der Waals surface area contributed by atoms with Crippen molar-refractivity contribution < 1.29 is 36.6 Å². The van der Waals surface area contributed by atoms with E-state index < -0.39 is 11.9 Å². The number of pyridine rings is 2. The molecule has 0 aliphatic carbocycles. The molecule has 2 heterocycles. The summed E-state index contributed by atoms with van der Waals surface area (Å²) < 4.78 is 0. The van der Waals surface area contributed by atoms with Crippen molar-refractivity contribution in [3.05, 3.63) is 56.2 Å². The minimum atomic E-state index is -0.643. The van der Waals surface area contributed by atoms with Gasteiger partial charge in [0.1, 0.15) is 0 Å². The smallest absolute Gasteiger partial charge is 0.306 e. The van der Waals surface area contributed by atoms with Gasteiger partial charge in [-0.05, 0) is 37.8 Å². The van der Waals surface area contributed by atoms with E-state index >= 15 is 0 Å². The average molecular weight is 543 g/mol. The Kier molecular flexibility index (Phi) is 20.3. The van der Waals surface area contributed by atoms with E-state index in [4.69, 9.17) is 10.2 Å². The summed E-state index contributed by atoms with van der Waals surface area (Å²) in [6, 6.07) is 12.1. The first-order valence-corrected chi connectivity index (χ1v) is 12.4. The second-order valence-corrected chi connectivity index (χ2v) is 8.39. The van der Waals surface area contributed by atoms with Crippen molar-refractivity contribution in [2.45, 2.75) is 79.1 Å². The number of rotatable bonds is 10. The Labute approximate surface area is 227 Å². The SMILES string of the molecule is CCCCC(CC)C(=O)O.CCCCC(CC)C(=O)O.[CH3+].[Co].c1cnc2c(c1)ccc1cccnc12. The van der Waals surface area contributed by atoms with Crippen molar-refractivity contribution in [1.82, 2.24) is 9.97 Å². The Morgan fingerprint density at radius 3 is 1.36 bits per heavy atom. The van der Waals surface area contributed by atoms with Gasteiger partial charge in [-0.2, -0.15) is 0 Å². The molecule has 1 radical (unpaired) electrons. The van der Waals surface area contributed by atoms with Crippen LogP contribution in [0.4, 0.5) is 0 Å². The number of nitrogens with zero attached hydrogens (tertiary/aromatic N) is 2. The van der Waals surface area contributed by atoms with Gasteiger partial charge in [-0.15, -0.1) is 0 Å². The van der Waals surface area contributed by atoms with Crippen molar-refractivity contribution in [3.8, 4) is 0 Å². The number of hydrogen-bond donors (Lipinski definition) is 2. The number of carboxylic acids is 2. The van der Waals surface area contributed by atoms with Crippen LogP contribution in [0.15, 0.2) is 48.8 Å². The standard InChI is InChI=1S/C12H8N2.2C8H16O2.CH3.Co/c1-3-9-5-6-10-4-2-8-14-12(10)11(9)13-7-1;2*1-3-5-6-7(4-2)8(9)10;;/h1-8H;2*7H,3-6H2,1-2H3,(H,9,10);1H3;/q;;;+1;. The predicted molar refractivity (Wildman–Crippen MR) is 145 cm³/mol. The van der Waals surface area contributed by atoms with Gasteiger partial charge in [-0.3, -0.25) is 19.6 Å². The molecule has 2 N–H and O–H groups in total. The Balaban J connectivity index is 0. The summed E-state index contributed by atoms with van der Waals surface area (Å²) in [5.74, 6) is -1.51. The summed E-state index contributed by atoms with van der Waals surface area (Å²) >= 11 is 0. The van der Waals surface area contributed by atoms with E-state index in [1.807, 2.05) is 26.0 Å². The number of carbonyl (C=O) groups is 2. The molecule has 0 bridgehead atoms. The van der Waals surface area contributed by atoms with Crippen molar-refractivity contribution in [3.63, 3.8) is 0 Å². The third-order valence-electron chi connectivity index (χ3n) is 5.84. The minimum Gasteiger partial charge on any atom is -0.481 e. The molecule has 1 aromatic carbocycles. The molecule has 0 spiro atoms. The Bertz CT molecular complexity index is 932. The zero-order chi connectivity index (χ0) is 25.3. The Hall–Kier alpha value is -2.64. The van der Waals surface area contributed by atoms with Gasteiger partial charge < -0.3 is 10.2 Å². The minimum absolute atomic E-state index is 0. The molecule has 2 aromatic heterocycles. The van der Waals surface area contributed by atoms with Gasteiger partial charge in [0.25, 0.3) is 0 Å². The molecular weight excluding hydrogens is 499 g/mol. The second-order valence-electron chi connectivity index (χ2n) is 8.39. The number of carboxylic acid groups (broad SMARTS) is 2. The number of unbranched alkanes of at least 4 members (excludes halogenated alkanes) is 2. The number of aromatic nitrogens is 2. The topological polar surface area (TPSA) is 100 Å². The van der Waals surface area contributed by atoms with Gasteiger partial charge in [-0.1, -0.05) is 77.6 Å². The van der Waals surface area contributed by atoms with E-state index in [0.717, 1.165) is 73.2 Å². The van der Waals surface area contributed by atoms with Crippen LogP contribution in [0.1, 0.15) is 79.1 Å². The van der Waals surface area contributed by atoms with E-state index in [9.17, 15) is 9.59 Å². The molecule has 3 rings (SSSR count). The van der Waals surface area contributed by atoms with Gasteiger partial charge in [-0.25, -0.2) is 0 Å². The van der Waals surface area contributed by atoms with Gasteiger partial charge in [0.05, 0.1) is 22.9 Å². The zero-order valence-electron chi connectivity index (χ0n) is 22.4. The molecule has 2 unspecified atom stereocenters. The molecule has 0 saturated heterocycles. The zero-order valence-corrected chi connectivity index (χ0v) is 23.4. The van der Waals surface area contributed by atoms with Crippen LogP contribution in [-0.4, -0.2) is 32.1 Å². The van der Waals surface area contributed by atoms with Crippen LogP contribution < -0.4 is 0 Å².